The number of allylic oxidation sites excluding steroid dienone is 1. The number of benzene rings is 1. The lowest BCUT2D eigenvalue weighted by molar-refractivity contribution is -0.140. The normalized spacial score (nSPS) is 14.9. The minimum atomic E-state index is -0.790. The minimum Gasteiger partial charge on any atom is -0.494 e. The molecule has 1 aromatic rings. The number of unbranched alkanes of at least 4 members (excludes halogenated alkanes) is 12. The Hall–Kier alpha value is -3.00. The second-order valence-electron chi connectivity index (χ2n) is 12.0. The summed E-state index contributed by atoms with van der Waals surface area (Å²) < 4.78 is 23.5. The second kappa shape index (κ2) is 22.5. The SMILES string of the molecule is CCCCCCCCCCCCCCCc1cccc(OCC)c1C1C(C(=O)OCC)=C(C)N(C)C(OCCN)=C1C(=O)OCC. The Morgan fingerprint density at radius 2 is 1.28 bits per heavy atom. The largest absolute Gasteiger partial charge is 0.494 e. The van der Waals surface area contributed by atoms with Crippen molar-refractivity contribution >= 4 is 11.9 Å². The number of aryl methyl sites for hydroxylation is 1. The van der Waals surface area contributed by atoms with Crippen molar-refractivity contribution in [2.45, 2.75) is 130 Å². The molecule has 260 valence electrons. The van der Waals surface area contributed by atoms with E-state index in [4.69, 9.17) is 24.7 Å². The first-order chi connectivity index (χ1) is 22.4. The summed E-state index contributed by atoms with van der Waals surface area (Å²) in [7, 11) is 1.78. The van der Waals surface area contributed by atoms with E-state index in [0.717, 1.165) is 30.4 Å². The van der Waals surface area contributed by atoms with Gasteiger partial charge < -0.3 is 29.6 Å². The molecule has 8 nitrogen and oxygen atoms in total. The quantitative estimate of drug-likeness (QED) is 0.0887. The average Bonchev–Trinajstić information content (AvgIpc) is 3.04. The zero-order valence-corrected chi connectivity index (χ0v) is 29.7. The predicted octanol–water partition coefficient (Wildman–Crippen LogP) is 8.34. The molecular formula is C38H62N2O6. The van der Waals surface area contributed by atoms with Crippen LogP contribution in [0.25, 0.3) is 0 Å². The number of carbonyl (C=O) groups is 2. The molecule has 2 rings (SSSR count). The summed E-state index contributed by atoms with van der Waals surface area (Å²) in [6.45, 7) is 10.9. The Balaban J connectivity index is 2.35. The van der Waals surface area contributed by atoms with Gasteiger partial charge in [0, 0.05) is 24.9 Å². The smallest absolute Gasteiger partial charge is 0.340 e. The highest BCUT2D eigenvalue weighted by atomic mass is 16.5. The molecular weight excluding hydrogens is 580 g/mol. The monoisotopic (exact) mass is 642 g/mol. The van der Waals surface area contributed by atoms with Crippen molar-refractivity contribution in [3.8, 4) is 5.75 Å². The van der Waals surface area contributed by atoms with Gasteiger partial charge in [0.2, 0.25) is 5.88 Å². The predicted molar refractivity (Wildman–Crippen MR) is 186 cm³/mol. The fraction of sp³-hybridized carbons (Fsp3) is 0.684. The lowest BCUT2D eigenvalue weighted by atomic mass is 9.78. The molecule has 1 aromatic carbocycles. The zero-order valence-electron chi connectivity index (χ0n) is 29.7. The third-order valence-electron chi connectivity index (χ3n) is 8.65. The van der Waals surface area contributed by atoms with E-state index in [2.05, 4.69) is 13.0 Å². The summed E-state index contributed by atoms with van der Waals surface area (Å²) in [5, 5.41) is 0. The number of nitrogens with two attached hydrogens (primary N) is 1. The molecule has 8 heteroatoms. The molecule has 0 aliphatic carbocycles. The van der Waals surface area contributed by atoms with E-state index < -0.39 is 17.9 Å². The fourth-order valence-electron chi connectivity index (χ4n) is 6.25. The minimum absolute atomic E-state index is 0.180. The zero-order chi connectivity index (χ0) is 33.7. The van der Waals surface area contributed by atoms with Crippen LogP contribution in [-0.4, -0.2) is 56.9 Å². The molecule has 0 radical (unpaired) electrons. The lowest BCUT2D eigenvalue weighted by Gasteiger charge is -2.37. The van der Waals surface area contributed by atoms with Crippen LogP contribution in [0.3, 0.4) is 0 Å². The van der Waals surface area contributed by atoms with Crippen molar-refractivity contribution in [2.24, 2.45) is 5.73 Å². The maximum absolute atomic E-state index is 13.8. The van der Waals surface area contributed by atoms with Gasteiger partial charge in [0.15, 0.2) is 0 Å². The fourth-order valence-corrected chi connectivity index (χ4v) is 6.25. The van der Waals surface area contributed by atoms with E-state index in [1.807, 2.05) is 26.0 Å². The number of ether oxygens (including phenoxy) is 4. The number of nitrogens with zero attached hydrogens (tertiary/aromatic N) is 1. The third kappa shape index (κ3) is 11.7. The number of hydrogen-bond donors (Lipinski definition) is 1. The standard InChI is InChI=1S/C38H62N2O6/c1-7-11-12-13-14-15-16-17-18-19-20-21-22-24-30-25-23-26-31(43-8-2)33(30)34-32(37(41)44-9-3)29(5)40(6)36(46-28-27-39)35(34)38(42)45-10-4/h23,25-26,34H,7-22,24,27-28,39H2,1-6H3. The van der Waals surface area contributed by atoms with E-state index in [1.54, 1.807) is 25.8 Å². The Morgan fingerprint density at radius 3 is 1.80 bits per heavy atom. The van der Waals surface area contributed by atoms with Crippen LogP contribution < -0.4 is 10.5 Å². The third-order valence-corrected chi connectivity index (χ3v) is 8.65. The van der Waals surface area contributed by atoms with Crippen LogP contribution in [0.15, 0.2) is 40.9 Å². The van der Waals surface area contributed by atoms with Crippen LogP contribution in [0.4, 0.5) is 0 Å². The number of hydrogen-bond acceptors (Lipinski definition) is 8. The van der Waals surface area contributed by atoms with E-state index in [1.165, 1.54) is 70.6 Å². The van der Waals surface area contributed by atoms with Crippen LogP contribution in [0, 0.1) is 0 Å². The van der Waals surface area contributed by atoms with Gasteiger partial charge in [0.05, 0.1) is 31.3 Å². The van der Waals surface area contributed by atoms with Gasteiger partial charge in [-0.2, -0.15) is 0 Å². The average molecular weight is 643 g/mol. The maximum atomic E-state index is 13.8. The van der Waals surface area contributed by atoms with Gasteiger partial charge in [0.25, 0.3) is 0 Å². The highest BCUT2D eigenvalue weighted by molar-refractivity contribution is 6.00. The van der Waals surface area contributed by atoms with Crippen molar-refractivity contribution in [3.05, 3.63) is 52.1 Å². The number of carbonyl (C=O) groups excluding carboxylic acids is 2. The van der Waals surface area contributed by atoms with E-state index in [9.17, 15) is 9.59 Å². The van der Waals surface area contributed by atoms with E-state index in [0.29, 0.717) is 29.5 Å². The lowest BCUT2D eigenvalue weighted by Crippen LogP contribution is -2.36. The first-order valence-corrected chi connectivity index (χ1v) is 18.0. The van der Waals surface area contributed by atoms with Crippen LogP contribution in [0.5, 0.6) is 5.75 Å². The summed E-state index contributed by atoms with van der Waals surface area (Å²) in [4.78, 5) is 29.2. The first kappa shape index (κ1) is 39.2. The highest BCUT2D eigenvalue weighted by Gasteiger charge is 2.44. The number of esters is 2. The molecule has 0 spiro atoms. The molecule has 0 saturated carbocycles. The molecule has 0 fully saturated rings. The van der Waals surface area contributed by atoms with Gasteiger partial charge in [0.1, 0.15) is 17.9 Å². The molecule has 46 heavy (non-hydrogen) atoms. The van der Waals surface area contributed by atoms with E-state index >= 15 is 0 Å². The van der Waals surface area contributed by atoms with Crippen LogP contribution in [-0.2, 0) is 30.2 Å². The van der Waals surface area contributed by atoms with Gasteiger partial charge in [-0.05, 0) is 52.2 Å². The Kier molecular flexibility index (Phi) is 19.2. The summed E-state index contributed by atoms with van der Waals surface area (Å²) in [5.74, 6) is -0.841. The van der Waals surface area contributed by atoms with Crippen molar-refractivity contribution in [2.75, 3.05) is 40.0 Å². The summed E-state index contributed by atoms with van der Waals surface area (Å²) in [6.07, 6.45) is 17.5. The van der Waals surface area contributed by atoms with Gasteiger partial charge in [-0.15, -0.1) is 0 Å². The second-order valence-corrected chi connectivity index (χ2v) is 12.0. The molecule has 1 aliphatic heterocycles. The van der Waals surface area contributed by atoms with Crippen LogP contribution in [0.1, 0.15) is 135 Å². The molecule has 0 bridgehead atoms. The van der Waals surface area contributed by atoms with Gasteiger partial charge >= 0.3 is 11.9 Å². The summed E-state index contributed by atoms with van der Waals surface area (Å²) >= 11 is 0. The van der Waals surface area contributed by atoms with Gasteiger partial charge in [-0.1, -0.05) is 96.1 Å². The Morgan fingerprint density at radius 1 is 0.739 bits per heavy atom. The molecule has 0 saturated heterocycles. The molecule has 0 amide bonds. The molecule has 0 aromatic heterocycles. The molecule has 1 heterocycles. The van der Waals surface area contributed by atoms with Gasteiger partial charge in [-0.3, -0.25) is 0 Å². The topological polar surface area (TPSA) is 100 Å². The molecule has 1 atom stereocenters. The Labute approximate surface area is 279 Å². The summed E-state index contributed by atoms with van der Waals surface area (Å²) in [6, 6.07) is 5.98. The van der Waals surface area contributed by atoms with Gasteiger partial charge in [-0.25, -0.2) is 9.59 Å². The maximum Gasteiger partial charge on any atom is 0.340 e. The van der Waals surface area contributed by atoms with Crippen LogP contribution in [0.2, 0.25) is 0 Å². The highest BCUT2D eigenvalue weighted by Crippen LogP contribution is 2.47. The van der Waals surface area contributed by atoms with Crippen molar-refractivity contribution in [1.82, 2.24) is 4.90 Å². The molecule has 1 unspecified atom stereocenters. The molecule has 1 aliphatic rings. The molecule has 2 N–H and O–H groups in total. The number of rotatable bonds is 24. The van der Waals surface area contributed by atoms with Crippen molar-refractivity contribution in [3.63, 3.8) is 0 Å². The van der Waals surface area contributed by atoms with Crippen LogP contribution >= 0.6 is 0 Å². The summed E-state index contributed by atoms with van der Waals surface area (Å²) in [5.41, 5.74) is 8.91. The Bertz CT molecular complexity index is 1130. The van der Waals surface area contributed by atoms with Crippen molar-refractivity contribution in [1.29, 1.82) is 0 Å². The van der Waals surface area contributed by atoms with Crippen molar-refractivity contribution < 1.29 is 28.5 Å². The van der Waals surface area contributed by atoms with E-state index in [-0.39, 0.29) is 31.9 Å². The first-order valence-electron chi connectivity index (χ1n) is 18.0.